The number of halogens is 2. The van der Waals surface area contributed by atoms with Crippen LogP contribution in [-0.2, 0) is 4.79 Å². The molecule has 1 aromatic carbocycles. The molecule has 1 unspecified atom stereocenters. The van der Waals surface area contributed by atoms with Crippen molar-refractivity contribution in [3.8, 4) is 5.75 Å². The SMILES string of the molecule is CC1Oc2cc(F)c(Br)cc2NC1=O. The molecule has 5 heteroatoms. The molecule has 0 aliphatic carbocycles. The molecule has 1 aliphatic heterocycles. The Hall–Kier alpha value is -1.10. The second-order valence-corrected chi connectivity index (χ2v) is 3.87. The van der Waals surface area contributed by atoms with Crippen LogP contribution in [0.15, 0.2) is 16.6 Å². The van der Waals surface area contributed by atoms with Gasteiger partial charge in [-0.1, -0.05) is 0 Å². The Morgan fingerprint density at radius 2 is 2.29 bits per heavy atom. The van der Waals surface area contributed by atoms with Crippen molar-refractivity contribution in [1.29, 1.82) is 0 Å². The van der Waals surface area contributed by atoms with Gasteiger partial charge < -0.3 is 10.1 Å². The van der Waals surface area contributed by atoms with E-state index in [9.17, 15) is 9.18 Å². The second kappa shape index (κ2) is 3.24. The lowest BCUT2D eigenvalue weighted by molar-refractivity contribution is -0.122. The van der Waals surface area contributed by atoms with Crippen LogP contribution in [0.1, 0.15) is 6.92 Å². The van der Waals surface area contributed by atoms with Crippen molar-refractivity contribution >= 4 is 27.5 Å². The van der Waals surface area contributed by atoms with E-state index < -0.39 is 11.9 Å². The smallest absolute Gasteiger partial charge is 0.265 e. The molecule has 0 bridgehead atoms. The van der Waals surface area contributed by atoms with Gasteiger partial charge >= 0.3 is 0 Å². The van der Waals surface area contributed by atoms with Gasteiger partial charge in [0.1, 0.15) is 11.6 Å². The van der Waals surface area contributed by atoms with Gasteiger partial charge in [0.15, 0.2) is 6.10 Å². The molecule has 1 heterocycles. The molecule has 1 amide bonds. The van der Waals surface area contributed by atoms with E-state index in [0.717, 1.165) is 0 Å². The summed E-state index contributed by atoms with van der Waals surface area (Å²) in [6.07, 6.45) is -0.580. The minimum absolute atomic E-state index is 0.226. The molecule has 0 fully saturated rings. The lowest BCUT2D eigenvalue weighted by Crippen LogP contribution is -2.34. The van der Waals surface area contributed by atoms with Crippen LogP contribution < -0.4 is 10.1 Å². The molecule has 1 aromatic rings. The van der Waals surface area contributed by atoms with Gasteiger partial charge in [-0.05, 0) is 28.9 Å². The van der Waals surface area contributed by atoms with Crippen LogP contribution in [-0.4, -0.2) is 12.0 Å². The van der Waals surface area contributed by atoms with Crippen LogP contribution in [0, 0.1) is 5.82 Å². The Labute approximate surface area is 88.4 Å². The number of rotatable bonds is 0. The first-order valence-electron chi connectivity index (χ1n) is 4.04. The number of amides is 1. The third-order valence-electron chi connectivity index (χ3n) is 1.95. The Kier molecular flexibility index (Phi) is 2.19. The summed E-state index contributed by atoms with van der Waals surface area (Å²) >= 11 is 3.03. The van der Waals surface area contributed by atoms with Crippen molar-refractivity contribution in [2.24, 2.45) is 0 Å². The topological polar surface area (TPSA) is 38.3 Å². The Morgan fingerprint density at radius 3 is 3.00 bits per heavy atom. The molecule has 0 saturated heterocycles. The van der Waals surface area contributed by atoms with Crippen LogP contribution in [0.5, 0.6) is 5.75 Å². The number of carbonyl (C=O) groups excluding carboxylic acids is 1. The summed E-state index contributed by atoms with van der Waals surface area (Å²) in [5.41, 5.74) is 0.487. The van der Waals surface area contributed by atoms with E-state index in [-0.39, 0.29) is 5.91 Å². The predicted molar refractivity (Wildman–Crippen MR) is 52.8 cm³/mol. The van der Waals surface area contributed by atoms with Crippen LogP contribution in [0.25, 0.3) is 0 Å². The van der Waals surface area contributed by atoms with E-state index in [1.807, 2.05) is 0 Å². The maximum atomic E-state index is 13.1. The zero-order valence-corrected chi connectivity index (χ0v) is 8.89. The summed E-state index contributed by atoms with van der Waals surface area (Å²) < 4.78 is 18.6. The summed E-state index contributed by atoms with van der Waals surface area (Å²) in [6, 6.07) is 2.73. The number of benzene rings is 1. The lowest BCUT2D eigenvalue weighted by Gasteiger charge is -2.23. The summed E-state index contributed by atoms with van der Waals surface area (Å²) in [7, 11) is 0. The van der Waals surface area contributed by atoms with E-state index in [4.69, 9.17) is 4.74 Å². The van der Waals surface area contributed by atoms with Gasteiger partial charge in [-0.2, -0.15) is 0 Å². The highest BCUT2D eigenvalue weighted by molar-refractivity contribution is 9.10. The van der Waals surface area contributed by atoms with Gasteiger partial charge in [0, 0.05) is 6.07 Å². The molecule has 0 spiro atoms. The van der Waals surface area contributed by atoms with Gasteiger partial charge in [-0.3, -0.25) is 4.79 Å². The predicted octanol–water partition coefficient (Wildman–Crippen LogP) is 2.31. The molecule has 0 radical (unpaired) electrons. The zero-order chi connectivity index (χ0) is 10.3. The minimum atomic E-state index is -0.580. The molecule has 1 N–H and O–H groups in total. The third kappa shape index (κ3) is 1.48. The van der Waals surface area contributed by atoms with E-state index in [1.165, 1.54) is 12.1 Å². The Morgan fingerprint density at radius 1 is 1.57 bits per heavy atom. The first-order chi connectivity index (χ1) is 6.58. The van der Waals surface area contributed by atoms with Crippen molar-refractivity contribution in [2.45, 2.75) is 13.0 Å². The van der Waals surface area contributed by atoms with Crippen molar-refractivity contribution in [2.75, 3.05) is 5.32 Å². The molecule has 14 heavy (non-hydrogen) atoms. The number of carbonyl (C=O) groups is 1. The van der Waals surface area contributed by atoms with E-state index in [2.05, 4.69) is 21.2 Å². The van der Waals surface area contributed by atoms with E-state index in [0.29, 0.717) is 15.9 Å². The maximum absolute atomic E-state index is 13.1. The van der Waals surface area contributed by atoms with Crippen LogP contribution in [0.2, 0.25) is 0 Å². The largest absolute Gasteiger partial charge is 0.479 e. The molecule has 1 aliphatic rings. The maximum Gasteiger partial charge on any atom is 0.265 e. The third-order valence-corrected chi connectivity index (χ3v) is 2.56. The fraction of sp³-hybridized carbons (Fsp3) is 0.222. The average molecular weight is 260 g/mol. The lowest BCUT2D eigenvalue weighted by atomic mass is 10.2. The van der Waals surface area contributed by atoms with Crippen molar-refractivity contribution in [3.05, 3.63) is 22.4 Å². The number of anilines is 1. The van der Waals surface area contributed by atoms with Gasteiger partial charge in [0.25, 0.3) is 5.91 Å². The number of nitrogens with one attached hydrogen (secondary N) is 1. The molecule has 0 aromatic heterocycles. The van der Waals surface area contributed by atoms with Crippen LogP contribution in [0.4, 0.5) is 10.1 Å². The molecular weight excluding hydrogens is 253 g/mol. The molecule has 0 saturated carbocycles. The molecule has 3 nitrogen and oxygen atoms in total. The first kappa shape index (κ1) is 9.45. The fourth-order valence-electron chi connectivity index (χ4n) is 1.20. The highest BCUT2D eigenvalue weighted by Gasteiger charge is 2.24. The highest BCUT2D eigenvalue weighted by atomic mass is 79.9. The summed E-state index contributed by atoms with van der Waals surface area (Å²) in [5.74, 6) is -0.277. The summed E-state index contributed by atoms with van der Waals surface area (Å²) in [6.45, 7) is 1.61. The summed E-state index contributed by atoms with van der Waals surface area (Å²) in [4.78, 5) is 11.2. The quantitative estimate of drug-likeness (QED) is 0.777. The monoisotopic (exact) mass is 259 g/mol. The number of hydrogen-bond acceptors (Lipinski definition) is 2. The standard InChI is InChI=1S/C9H7BrFNO2/c1-4-9(13)12-7-2-5(10)6(11)3-8(7)14-4/h2-4H,1H3,(H,12,13). The second-order valence-electron chi connectivity index (χ2n) is 3.01. The number of hydrogen-bond donors (Lipinski definition) is 1. The van der Waals surface area contributed by atoms with Crippen molar-refractivity contribution < 1.29 is 13.9 Å². The van der Waals surface area contributed by atoms with Gasteiger partial charge in [0.05, 0.1) is 10.2 Å². The van der Waals surface area contributed by atoms with E-state index in [1.54, 1.807) is 6.92 Å². The van der Waals surface area contributed by atoms with E-state index >= 15 is 0 Å². The molecule has 1 atom stereocenters. The summed E-state index contributed by atoms with van der Waals surface area (Å²) in [5, 5.41) is 2.62. The zero-order valence-electron chi connectivity index (χ0n) is 7.30. The van der Waals surface area contributed by atoms with Gasteiger partial charge in [-0.15, -0.1) is 0 Å². The number of ether oxygens (including phenoxy) is 1. The molecular formula is C9H7BrFNO2. The molecule has 74 valence electrons. The minimum Gasteiger partial charge on any atom is -0.479 e. The van der Waals surface area contributed by atoms with Crippen LogP contribution in [0.3, 0.4) is 0 Å². The normalized spacial score (nSPS) is 19.6. The first-order valence-corrected chi connectivity index (χ1v) is 4.84. The van der Waals surface area contributed by atoms with Crippen molar-refractivity contribution in [1.82, 2.24) is 0 Å². The molecule has 2 rings (SSSR count). The fourth-order valence-corrected chi connectivity index (χ4v) is 1.55. The van der Waals surface area contributed by atoms with Crippen molar-refractivity contribution in [3.63, 3.8) is 0 Å². The van der Waals surface area contributed by atoms with Gasteiger partial charge in [-0.25, -0.2) is 4.39 Å². The van der Waals surface area contributed by atoms with Crippen LogP contribution >= 0.6 is 15.9 Å². The van der Waals surface area contributed by atoms with Gasteiger partial charge in [0.2, 0.25) is 0 Å². The Bertz CT molecular complexity index is 408. The number of fused-ring (bicyclic) bond motifs is 1. The average Bonchev–Trinajstić information content (AvgIpc) is 2.11. The Balaban J connectivity index is 2.47. The highest BCUT2D eigenvalue weighted by Crippen LogP contribution is 2.33.